The molecule has 3 heteroatoms. The fraction of sp³-hybridized carbons (Fsp3) is 0.500. The topological polar surface area (TPSA) is 12.5 Å². The summed E-state index contributed by atoms with van der Waals surface area (Å²) in [7, 11) is 0. The summed E-state index contributed by atoms with van der Waals surface area (Å²) in [6.45, 7) is 11.6. The Morgan fingerprint density at radius 1 is 1.12 bits per heavy atom. The first-order chi connectivity index (χ1) is 7.81. The van der Waals surface area contributed by atoms with Gasteiger partial charge in [-0.3, -0.25) is 0 Å². The molecule has 0 atom stereocenters. The molecule has 2 nitrogen and oxygen atoms in total. The van der Waals surface area contributed by atoms with Gasteiger partial charge in [-0.15, -0.1) is 0 Å². The van der Waals surface area contributed by atoms with Crippen molar-refractivity contribution >= 4 is 5.69 Å². The zero-order chi connectivity index (χ0) is 11.8. The summed E-state index contributed by atoms with van der Waals surface area (Å²) >= 11 is 0. The van der Waals surface area contributed by atoms with E-state index in [4.69, 9.17) is 4.74 Å². The van der Waals surface area contributed by atoms with Crippen LogP contribution in [0, 0.1) is 6.92 Å². The third-order valence-corrected chi connectivity index (χ3v) is 2.62. The average molecular weight is 227 g/mol. The molecule has 0 aliphatic heterocycles. The number of rotatable bonds is 7. The van der Waals surface area contributed by atoms with Crippen LogP contribution in [-0.2, 0) is 11.3 Å². The number of nitrogens with zero attached hydrogens (tertiary/aromatic N) is 1. The van der Waals surface area contributed by atoms with E-state index in [1.54, 1.807) is 0 Å². The van der Waals surface area contributed by atoms with Gasteiger partial charge >= 0.3 is 18.9 Å². The predicted molar refractivity (Wildman–Crippen MR) is 69.6 cm³/mol. The largest absolute Gasteiger partial charge is 1.00 e. The number of anilines is 1. The fourth-order valence-corrected chi connectivity index (χ4v) is 1.68. The summed E-state index contributed by atoms with van der Waals surface area (Å²) < 4.78 is 5.45. The molecule has 1 rings (SSSR count). The molecule has 0 aromatic heterocycles. The molecule has 0 saturated carbocycles. The van der Waals surface area contributed by atoms with Crippen molar-refractivity contribution in [3.63, 3.8) is 0 Å². The van der Waals surface area contributed by atoms with Crippen molar-refractivity contribution < 1.29 is 23.6 Å². The van der Waals surface area contributed by atoms with E-state index in [1.807, 2.05) is 0 Å². The molecule has 1 aromatic rings. The molecule has 0 N–H and O–H groups in total. The Balaban J connectivity index is 0.00000256. The minimum atomic E-state index is 0. The Labute approximate surface area is 118 Å². The molecule has 0 radical (unpaired) electrons. The quantitative estimate of drug-likeness (QED) is 0.377. The van der Waals surface area contributed by atoms with Crippen LogP contribution >= 0.6 is 0 Å². The van der Waals surface area contributed by atoms with E-state index in [2.05, 4.69) is 49.9 Å². The zero-order valence-corrected chi connectivity index (χ0v) is 11.4. The average Bonchev–Trinajstić information content (AvgIpc) is 2.33. The van der Waals surface area contributed by atoms with Gasteiger partial charge in [-0.1, -0.05) is 12.1 Å². The van der Waals surface area contributed by atoms with Gasteiger partial charge in [0.05, 0.1) is 6.61 Å². The van der Waals surface area contributed by atoms with Crippen LogP contribution in [0.3, 0.4) is 0 Å². The first-order valence-electron chi connectivity index (χ1n) is 6.02. The molecule has 90 valence electrons. The summed E-state index contributed by atoms with van der Waals surface area (Å²) in [5.74, 6) is 0. The van der Waals surface area contributed by atoms with E-state index in [9.17, 15) is 0 Å². The normalized spacial score (nSPS) is 9.82. The smallest absolute Gasteiger partial charge is 0.379 e. The molecule has 0 aliphatic carbocycles. The molecule has 1 aromatic carbocycles. The summed E-state index contributed by atoms with van der Waals surface area (Å²) in [6.07, 6.45) is 0.831. The van der Waals surface area contributed by atoms with Crippen molar-refractivity contribution in [2.45, 2.75) is 26.9 Å². The maximum absolute atomic E-state index is 5.45. The van der Waals surface area contributed by atoms with Crippen LogP contribution in [0.4, 0.5) is 5.69 Å². The maximum atomic E-state index is 5.45. The van der Waals surface area contributed by atoms with Crippen molar-refractivity contribution in [1.29, 1.82) is 0 Å². The minimum Gasteiger partial charge on any atom is -0.379 e. The summed E-state index contributed by atoms with van der Waals surface area (Å²) in [6, 6.07) is 8.60. The van der Waals surface area contributed by atoms with Gasteiger partial charge < -0.3 is 16.6 Å². The van der Waals surface area contributed by atoms with Crippen LogP contribution < -0.4 is 23.8 Å². The van der Waals surface area contributed by atoms with Crippen LogP contribution in [0.2, 0.25) is 0 Å². The van der Waals surface area contributed by atoms with Gasteiger partial charge in [-0.25, -0.2) is 0 Å². The van der Waals surface area contributed by atoms with E-state index in [1.165, 1.54) is 11.3 Å². The van der Waals surface area contributed by atoms with E-state index in [-0.39, 0.29) is 18.9 Å². The Kier molecular flexibility index (Phi) is 9.35. The molecule has 0 saturated heterocycles. The van der Waals surface area contributed by atoms with Gasteiger partial charge in [-0.2, -0.15) is 6.42 Å². The minimum absolute atomic E-state index is 0. The monoisotopic (exact) mass is 227 g/mol. The van der Waals surface area contributed by atoms with Gasteiger partial charge in [0.15, 0.2) is 0 Å². The molecular weight excluding hydrogens is 205 g/mol. The number of hydrogen-bond acceptors (Lipinski definition) is 2. The van der Waals surface area contributed by atoms with Crippen molar-refractivity contribution in [1.82, 2.24) is 0 Å². The van der Waals surface area contributed by atoms with Crippen LogP contribution in [0.25, 0.3) is 0 Å². The SMILES string of the molecule is [CH2-]CCOCc1ccc(N(CC)CC)cc1.[Li+]. The second-order valence-corrected chi connectivity index (χ2v) is 3.74. The number of ether oxygens (including phenoxy) is 1. The van der Waals surface area contributed by atoms with Gasteiger partial charge in [-0.05, 0) is 31.5 Å². The third-order valence-electron chi connectivity index (χ3n) is 2.62. The predicted octanol–water partition coefficient (Wildman–Crippen LogP) is 0.278. The van der Waals surface area contributed by atoms with Crippen molar-refractivity contribution in [2.75, 3.05) is 24.6 Å². The first kappa shape index (κ1) is 16.6. The molecule has 0 aliphatic rings. The second-order valence-electron chi connectivity index (χ2n) is 3.74. The summed E-state index contributed by atoms with van der Waals surface area (Å²) in [4.78, 5) is 2.33. The van der Waals surface area contributed by atoms with E-state index >= 15 is 0 Å². The zero-order valence-electron chi connectivity index (χ0n) is 11.4. The van der Waals surface area contributed by atoms with Crippen LogP contribution in [0.15, 0.2) is 24.3 Å². The van der Waals surface area contributed by atoms with E-state index < -0.39 is 0 Å². The van der Waals surface area contributed by atoms with E-state index in [0.717, 1.165) is 26.1 Å². The molecule has 17 heavy (non-hydrogen) atoms. The van der Waals surface area contributed by atoms with Gasteiger partial charge in [0.2, 0.25) is 0 Å². The number of benzene rings is 1. The summed E-state index contributed by atoms with van der Waals surface area (Å²) in [5.41, 5.74) is 2.51. The third kappa shape index (κ3) is 5.63. The van der Waals surface area contributed by atoms with Crippen molar-refractivity contribution in [3.05, 3.63) is 36.8 Å². The Hall–Kier alpha value is -0.423. The molecule has 0 bridgehead atoms. The summed E-state index contributed by atoms with van der Waals surface area (Å²) in [5, 5.41) is 0. The molecule has 0 fully saturated rings. The fourth-order valence-electron chi connectivity index (χ4n) is 1.68. The molecule has 0 spiro atoms. The van der Waals surface area contributed by atoms with Crippen LogP contribution in [0.5, 0.6) is 0 Å². The molecule has 0 amide bonds. The van der Waals surface area contributed by atoms with E-state index in [0.29, 0.717) is 6.61 Å². The Morgan fingerprint density at radius 2 is 1.71 bits per heavy atom. The van der Waals surface area contributed by atoms with Crippen LogP contribution in [0.1, 0.15) is 25.8 Å². The molecule has 0 unspecified atom stereocenters. The van der Waals surface area contributed by atoms with Crippen molar-refractivity contribution in [2.24, 2.45) is 0 Å². The number of hydrogen-bond donors (Lipinski definition) is 0. The van der Waals surface area contributed by atoms with Gasteiger partial charge in [0, 0.05) is 25.4 Å². The molecule has 0 heterocycles. The van der Waals surface area contributed by atoms with Gasteiger partial charge in [0.25, 0.3) is 0 Å². The second kappa shape index (κ2) is 9.59. The van der Waals surface area contributed by atoms with Crippen LogP contribution in [-0.4, -0.2) is 19.7 Å². The molecular formula is C14H22LiNO. The maximum Gasteiger partial charge on any atom is 1.00 e. The Bertz CT molecular complexity index is 283. The first-order valence-corrected chi connectivity index (χ1v) is 6.02. The van der Waals surface area contributed by atoms with Crippen molar-refractivity contribution in [3.8, 4) is 0 Å². The van der Waals surface area contributed by atoms with Gasteiger partial charge in [0.1, 0.15) is 0 Å². The standard InChI is InChI=1S/C14H22NO.Li/c1-4-11-16-12-13-7-9-14(10-8-13)15(5-2)6-3;/h7-10H,1,4-6,11-12H2,2-3H3;/q-1;+1. The Morgan fingerprint density at radius 3 is 2.18 bits per heavy atom.